The third-order valence-corrected chi connectivity index (χ3v) is 13.3. The molecular formula is C40H65NO9. The van der Waals surface area contributed by atoms with Crippen LogP contribution < -0.4 is 9.47 Å². The fourth-order valence-electron chi connectivity index (χ4n) is 10.1. The number of fused-ring (bicyclic) bond motifs is 3. The minimum atomic E-state index is -1.02. The van der Waals surface area contributed by atoms with Crippen LogP contribution in [0.4, 0.5) is 4.79 Å². The van der Waals surface area contributed by atoms with E-state index in [0.717, 1.165) is 55.8 Å². The first-order valence-corrected chi connectivity index (χ1v) is 19.1. The highest BCUT2D eigenvalue weighted by atomic mass is 16.7. The third kappa shape index (κ3) is 6.48. The molecule has 284 valence electrons. The van der Waals surface area contributed by atoms with Gasteiger partial charge in [0, 0.05) is 43.7 Å². The van der Waals surface area contributed by atoms with Gasteiger partial charge in [0.25, 0.3) is 0 Å². The van der Waals surface area contributed by atoms with E-state index < -0.39 is 17.4 Å². The molecule has 6 aliphatic rings. The highest BCUT2D eigenvalue weighted by Gasteiger charge is 2.81. The van der Waals surface area contributed by atoms with Gasteiger partial charge in [-0.15, -0.1) is 0 Å². The molecule has 1 saturated heterocycles. The van der Waals surface area contributed by atoms with Crippen molar-refractivity contribution in [1.29, 1.82) is 0 Å². The maximum atomic E-state index is 13.0. The van der Waals surface area contributed by atoms with Crippen molar-refractivity contribution in [1.82, 2.24) is 4.90 Å². The first kappa shape index (κ1) is 39.3. The van der Waals surface area contributed by atoms with Crippen molar-refractivity contribution >= 4 is 6.16 Å². The predicted octanol–water partition coefficient (Wildman–Crippen LogP) is 6.70. The van der Waals surface area contributed by atoms with Crippen LogP contribution in [0, 0.1) is 29.6 Å². The van der Waals surface area contributed by atoms with Gasteiger partial charge in [0.1, 0.15) is 18.3 Å². The molecule has 7 atom stereocenters. The van der Waals surface area contributed by atoms with E-state index in [9.17, 15) is 9.90 Å². The quantitative estimate of drug-likeness (QED) is 0.128. The molecule has 4 unspecified atom stereocenters. The summed E-state index contributed by atoms with van der Waals surface area (Å²) >= 11 is 0. The average Bonchev–Trinajstić information content (AvgIpc) is 3.83. The van der Waals surface area contributed by atoms with Crippen molar-refractivity contribution < 1.29 is 43.1 Å². The lowest BCUT2D eigenvalue weighted by molar-refractivity contribution is -0.309. The number of carbonyl (C=O) groups is 1. The number of methoxy groups -OCH3 is 2. The van der Waals surface area contributed by atoms with Gasteiger partial charge in [0.2, 0.25) is 0 Å². The number of benzene rings is 1. The molecule has 0 aromatic heterocycles. The Bertz CT molecular complexity index is 1320. The number of aliphatic hydroxyl groups is 1. The number of likely N-dealkylation sites (tertiary alicyclic amines) is 1. The van der Waals surface area contributed by atoms with Gasteiger partial charge in [-0.25, -0.2) is 4.79 Å². The molecule has 4 aliphatic carbocycles. The third-order valence-electron chi connectivity index (χ3n) is 13.3. The molecule has 0 amide bonds. The van der Waals surface area contributed by atoms with Crippen LogP contribution >= 0.6 is 0 Å². The molecule has 2 spiro atoms. The predicted molar refractivity (Wildman–Crippen MR) is 192 cm³/mol. The maximum Gasteiger partial charge on any atom is 0.514 e. The summed E-state index contributed by atoms with van der Waals surface area (Å²) in [4.78, 5) is 15.7. The first-order valence-electron chi connectivity index (χ1n) is 19.1. The second-order valence-corrected chi connectivity index (χ2v) is 16.3. The van der Waals surface area contributed by atoms with Crippen LogP contribution in [0.5, 0.6) is 11.5 Å². The van der Waals surface area contributed by atoms with E-state index in [1.54, 1.807) is 14.2 Å². The fraction of sp³-hybridized carbons (Fsp3) is 0.825. The van der Waals surface area contributed by atoms with Crippen molar-refractivity contribution in [3.05, 3.63) is 23.3 Å². The van der Waals surface area contributed by atoms with Crippen LogP contribution in [0.25, 0.3) is 0 Å². The molecule has 1 aromatic rings. The van der Waals surface area contributed by atoms with Crippen LogP contribution in [0.15, 0.2) is 12.1 Å². The molecule has 1 N–H and O–H groups in total. The van der Waals surface area contributed by atoms with E-state index in [2.05, 4.69) is 39.5 Å². The molecule has 5 fully saturated rings. The Morgan fingerprint density at radius 1 is 0.980 bits per heavy atom. The van der Waals surface area contributed by atoms with Gasteiger partial charge >= 0.3 is 6.16 Å². The number of hydrogen-bond donors (Lipinski definition) is 1. The lowest BCUT2D eigenvalue weighted by Gasteiger charge is -2.74. The van der Waals surface area contributed by atoms with Crippen molar-refractivity contribution in [2.24, 2.45) is 22.7 Å². The first-order chi connectivity index (χ1) is 23.8. The Kier molecular flexibility index (Phi) is 11.9. The highest BCUT2D eigenvalue weighted by Crippen LogP contribution is 2.76. The molecule has 2 bridgehead atoms. The van der Waals surface area contributed by atoms with E-state index >= 15 is 0 Å². The molecule has 7 rings (SSSR count). The van der Waals surface area contributed by atoms with Gasteiger partial charge in [-0.1, -0.05) is 40.7 Å². The normalized spacial score (nSPS) is 32.5. The Balaban J connectivity index is 0.00000239. The van der Waals surface area contributed by atoms with Gasteiger partial charge < -0.3 is 38.3 Å². The Morgan fingerprint density at radius 2 is 1.64 bits per heavy atom. The second kappa shape index (κ2) is 15.2. The standard InChI is InChI=1S/C38H59NO9.C2H6/c1-25-9-12-28(47-33(40)46-22-21-45-20-19-44-18-17-42-7)31-30(25)37-15-16-39(24-27-10-11-27)26(2)36(37)13-14-38(43-8,32(37)48-31)29(23-36)35(6,41)34(3,4)5;1-2/h9,12,26-27,29,32,41H,10-11,13-24H2,1-8H3;1-2H3/t26?,29?,32-,35?,36-,37?,38-;/m1./s1. The lowest BCUT2D eigenvalue weighted by atomic mass is 9.35. The monoisotopic (exact) mass is 703 g/mol. The minimum absolute atomic E-state index is 0.0617. The Hall–Kier alpha value is -1.95. The molecule has 2 heterocycles. The molecule has 10 nitrogen and oxygen atoms in total. The number of hydrogen-bond acceptors (Lipinski definition) is 10. The van der Waals surface area contributed by atoms with Gasteiger partial charge in [-0.05, 0) is 94.2 Å². The van der Waals surface area contributed by atoms with Crippen LogP contribution in [0.1, 0.15) is 98.1 Å². The van der Waals surface area contributed by atoms with Crippen molar-refractivity contribution in [3.63, 3.8) is 0 Å². The lowest BCUT2D eigenvalue weighted by Crippen LogP contribution is -2.81. The van der Waals surface area contributed by atoms with Gasteiger partial charge in [-0.3, -0.25) is 4.90 Å². The summed E-state index contributed by atoms with van der Waals surface area (Å²) in [6.45, 7) is 21.2. The van der Waals surface area contributed by atoms with Gasteiger partial charge in [-0.2, -0.15) is 0 Å². The largest absolute Gasteiger partial charge is 0.514 e. The molecular weight excluding hydrogens is 638 g/mol. The molecule has 1 aromatic carbocycles. The number of aryl methyl sites for hydroxylation is 1. The molecule has 2 aliphatic heterocycles. The van der Waals surface area contributed by atoms with Crippen LogP contribution in [-0.2, 0) is 29.1 Å². The number of nitrogens with zero attached hydrogens (tertiary/aromatic N) is 1. The number of ether oxygens (including phenoxy) is 7. The smallest absolute Gasteiger partial charge is 0.482 e. The topological polar surface area (TPSA) is 105 Å². The summed E-state index contributed by atoms with van der Waals surface area (Å²) in [5.41, 5.74) is -0.360. The molecule has 50 heavy (non-hydrogen) atoms. The van der Waals surface area contributed by atoms with Gasteiger partial charge in [0.05, 0.1) is 38.6 Å². The Labute approximate surface area is 300 Å². The van der Waals surface area contributed by atoms with E-state index in [4.69, 9.17) is 33.2 Å². The second-order valence-electron chi connectivity index (χ2n) is 16.3. The van der Waals surface area contributed by atoms with Crippen molar-refractivity contribution in [2.75, 3.05) is 67.0 Å². The Morgan fingerprint density at radius 3 is 2.26 bits per heavy atom. The molecule has 0 radical (unpaired) electrons. The molecule has 10 heteroatoms. The van der Waals surface area contributed by atoms with Crippen LogP contribution in [0.3, 0.4) is 0 Å². The van der Waals surface area contributed by atoms with E-state index in [-0.39, 0.29) is 47.5 Å². The summed E-state index contributed by atoms with van der Waals surface area (Å²) < 4.78 is 41.1. The highest BCUT2D eigenvalue weighted by molar-refractivity contribution is 5.69. The summed E-state index contributed by atoms with van der Waals surface area (Å²) in [5, 5.41) is 12.5. The number of rotatable bonds is 14. The number of carbonyl (C=O) groups excluding carboxylic acids is 1. The van der Waals surface area contributed by atoms with Gasteiger partial charge in [0.15, 0.2) is 11.5 Å². The van der Waals surface area contributed by atoms with E-state index in [0.29, 0.717) is 37.9 Å². The van der Waals surface area contributed by atoms with E-state index in [1.165, 1.54) is 12.8 Å². The van der Waals surface area contributed by atoms with Crippen LogP contribution in [-0.4, -0.2) is 106 Å². The fourth-order valence-corrected chi connectivity index (χ4v) is 10.1. The summed E-state index contributed by atoms with van der Waals surface area (Å²) in [5.74, 6) is 1.62. The zero-order valence-electron chi connectivity index (χ0n) is 32.5. The average molecular weight is 704 g/mol. The van der Waals surface area contributed by atoms with Crippen molar-refractivity contribution in [3.8, 4) is 11.5 Å². The summed E-state index contributed by atoms with van der Waals surface area (Å²) in [7, 11) is 3.43. The SMILES string of the molecule is CC.COCCOCCOCCOC(=O)Oc1ccc(C)c2c1O[C@@H]1C23CCN(CC2CC2)C(C)[C@]32CC[C@@]1(OC)C(C(C)(O)C(C)(C)C)C2. The van der Waals surface area contributed by atoms with Crippen molar-refractivity contribution in [2.45, 2.75) is 123 Å². The minimum Gasteiger partial charge on any atom is -0.482 e. The zero-order valence-corrected chi connectivity index (χ0v) is 32.5. The summed E-state index contributed by atoms with van der Waals surface area (Å²) in [6.07, 6.45) is 5.06. The number of piperidine rings is 1. The zero-order chi connectivity index (χ0) is 36.5. The van der Waals surface area contributed by atoms with E-state index in [1.807, 2.05) is 32.9 Å². The summed E-state index contributed by atoms with van der Waals surface area (Å²) in [6, 6.07) is 4.16. The van der Waals surface area contributed by atoms with Crippen LogP contribution in [0.2, 0.25) is 0 Å². The maximum absolute atomic E-state index is 13.0. The molecule has 4 saturated carbocycles.